The molecule has 6 N–H and O–H groups in total. The van der Waals surface area contributed by atoms with Gasteiger partial charge in [0.15, 0.2) is 5.84 Å². The number of rotatable bonds is 5. The molecule has 2 aromatic carbocycles. The van der Waals surface area contributed by atoms with Crippen LogP contribution in [0.25, 0.3) is 10.9 Å². The number of phenols is 1. The largest absolute Gasteiger partial charge is 0.508 e. The van der Waals surface area contributed by atoms with Gasteiger partial charge in [0.2, 0.25) is 0 Å². The van der Waals surface area contributed by atoms with E-state index in [-0.39, 0.29) is 33.5 Å². The number of anilines is 1. The van der Waals surface area contributed by atoms with Crippen LogP contribution in [0.1, 0.15) is 25.8 Å². The maximum atomic E-state index is 13.4. The van der Waals surface area contributed by atoms with Crippen molar-refractivity contribution in [2.24, 2.45) is 10.3 Å². The quantitative estimate of drug-likeness (QED) is 0.328. The number of hydrogen-bond acceptors (Lipinski definition) is 8. The average Bonchev–Trinajstić information content (AvgIpc) is 2.70. The molecule has 2 heterocycles. The minimum atomic E-state index is -3.70. The van der Waals surface area contributed by atoms with Crippen LogP contribution in [0.15, 0.2) is 56.6 Å². The highest BCUT2D eigenvalue weighted by Gasteiger charge is 2.30. The SMILES string of the molecule is CC(C)CCNn1c(=O)c(C2=NS(O)(O)c3cc(O)ccc3N2)c(O)c2ccccc21. The number of pyridine rings is 1. The summed E-state index contributed by atoms with van der Waals surface area (Å²) in [6.07, 6.45) is 0.827. The van der Waals surface area contributed by atoms with Crippen molar-refractivity contribution in [3.8, 4) is 11.5 Å². The van der Waals surface area contributed by atoms with Gasteiger partial charge in [0.05, 0.1) is 11.2 Å². The van der Waals surface area contributed by atoms with Gasteiger partial charge in [-0.3, -0.25) is 13.9 Å². The Hall–Kier alpha value is -3.21. The zero-order valence-corrected chi connectivity index (χ0v) is 17.8. The Bertz CT molecular complexity index is 1250. The standard InChI is InChI=1S/C21H24N4O5S/c1-12(2)9-10-22-25-16-6-4-3-5-14(16)19(27)18(21(25)28)20-23-15-8-7-13(26)11-17(15)31(29,30)24-20/h3-8,11-12,22,26-27,29-30H,9-10H2,1-2H3,(H,23,24). The molecule has 0 saturated carbocycles. The molecule has 1 aliphatic heterocycles. The zero-order valence-electron chi connectivity index (χ0n) is 17.0. The topological polar surface area (TPSA) is 139 Å². The molecule has 4 rings (SSSR count). The number of aromatic nitrogens is 1. The summed E-state index contributed by atoms with van der Waals surface area (Å²) < 4.78 is 26.4. The Morgan fingerprint density at radius 2 is 1.90 bits per heavy atom. The van der Waals surface area contributed by atoms with E-state index in [1.165, 1.54) is 22.9 Å². The lowest BCUT2D eigenvalue weighted by molar-refractivity contribution is 0.467. The third-order valence-electron chi connectivity index (χ3n) is 5.01. The van der Waals surface area contributed by atoms with Gasteiger partial charge in [-0.1, -0.05) is 36.8 Å². The molecule has 1 aromatic heterocycles. The van der Waals surface area contributed by atoms with E-state index in [1.54, 1.807) is 24.3 Å². The van der Waals surface area contributed by atoms with Crippen LogP contribution in [0.5, 0.6) is 11.5 Å². The van der Waals surface area contributed by atoms with E-state index in [1.807, 2.05) is 0 Å². The second-order valence-electron chi connectivity index (χ2n) is 7.74. The normalized spacial score (nSPS) is 15.8. The molecule has 0 bridgehead atoms. The molecule has 0 atom stereocenters. The second-order valence-corrected chi connectivity index (χ2v) is 9.40. The van der Waals surface area contributed by atoms with Gasteiger partial charge in [-0.05, 0) is 36.6 Å². The third-order valence-corrected chi connectivity index (χ3v) is 6.38. The predicted octanol–water partition coefficient (Wildman–Crippen LogP) is 3.90. The lowest BCUT2D eigenvalue weighted by atomic mass is 10.1. The van der Waals surface area contributed by atoms with Crippen LogP contribution in [0.2, 0.25) is 0 Å². The molecule has 0 fully saturated rings. The van der Waals surface area contributed by atoms with Crippen LogP contribution in [-0.4, -0.2) is 36.4 Å². The Kier molecular flexibility index (Phi) is 5.29. The number of aromatic hydroxyl groups is 2. The molecule has 0 saturated heterocycles. The van der Waals surface area contributed by atoms with E-state index < -0.39 is 16.3 Å². The summed E-state index contributed by atoms with van der Waals surface area (Å²) in [5.74, 6) is -0.196. The van der Waals surface area contributed by atoms with Crippen molar-refractivity contribution in [1.82, 2.24) is 4.68 Å². The van der Waals surface area contributed by atoms with Crippen LogP contribution < -0.4 is 16.3 Å². The van der Waals surface area contributed by atoms with Gasteiger partial charge < -0.3 is 21.0 Å². The van der Waals surface area contributed by atoms with E-state index in [9.17, 15) is 24.1 Å². The summed E-state index contributed by atoms with van der Waals surface area (Å²) in [4.78, 5) is 13.4. The van der Waals surface area contributed by atoms with Gasteiger partial charge in [-0.25, -0.2) is 4.68 Å². The van der Waals surface area contributed by atoms with E-state index in [2.05, 4.69) is 29.0 Å². The van der Waals surface area contributed by atoms with E-state index >= 15 is 0 Å². The van der Waals surface area contributed by atoms with Gasteiger partial charge in [-0.2, -0.15) is 0 Å². The first kappa shape index (κ1) is 21.0. The lowest BCUT2D eigenvalue weighted by Gasteiger charge is -2.34. The number of phenolic OH excluding ortho intramolecular Hbond substituents is 1. The molecule has 0 spiro atoms. The van der Waals surface area contributed by atoms with E-state index in [0.29, 0.717) is 23.4 Å². The van der Waals surface area contributed by atoms with Gasteiger partial charge in [0, 0.05) is 18.0 Å². The molecule has 9 nitrogen and oxygen atoms in total. The molecular weight excluding hydrogens is 420 g/mol. The second kappa shape index (κ2) is 7.80. The first-order valence-electron chi connectivity index (χ1n) is 9.78. The van der Waals surface area contributed by atoms with Crippen molar-refractivity contribution >= 4 is 33.2 Å². The molecule has 10 heteroatoms. The molecule has 0 aliphatic carbocycles. The van der Waals surface area contributed by atoms with E-state index in [0.717, 1.165) is 6.42 Å². The fourth-order valence-electron chi connectivity index (χ4n) is 3.44. The number of nitrogens with zero attached hydrogens (tertiary/aromatic N) is 2. The van der Waals surface area contributed by atoms with Crippen molar-refractivity contribution < 1.29 is 19.3 Å². The Morgan fingerprint density at radius 3 is 2.65 bits per heavy atom. The Balaban J connectivity index is 1.89. The summed E-state index contributed by atoms with van der Waals surface area (Å²) in [6.45, 7) is 4.68. The monoisotopic (exact) mass is 444 g/mol. The Morgan fingerprint density at radius 1 is 1.16 bits per heavy atom. The number of hydrogen-bond donors (Lipinski definition) is 6. The van der Waals surface area contributed by atoms with Crippen molar-refractivity contribution in [3.05, 3.63) is 58.4 Å². The summed E-state index contributed by atoms with van der Waals surface area (Å²) in [7, 11) is -3.70. The summed E-state index contributed by atoms with van der Waals surface area (Å²) in [5.41, 5.74) is 3.10. The lowest BCUT2D eigenvalue weighted by Crippen LogP contribution is -2.36. The smallest absolute Gasteiger partial charge is 0.284 e. The molecule has 3 aromatic rings. The van der Waals surface area contributed by atoms with Crippen molar-refractivity contribution in [1.29, 1.82) is 0 Å². The predicted molar refractivity (Wildman–Crippen MR) is 123 cm³/mol. The van der Waals surface area contributed by atoms with Gasteiger partial charge in [0.1, 0.15) is 22.0 Å². The number of fused-ring (bicyclic) bond motifs is 2. The third kappa shape index (κ3) is 3.80. The van der Waals surface area contributed by atoms with Crippen LogP contribution in [0.3, 0.4) is 0 Å². The fourth-order valence-corrected chi connectivity index (χ4v) is 4.62. The highest BCUT2D eigenvalue weighted by atomic mass is 32.3. The molecule has 0 unspecified atom stereocenters. The van der Waals surface area contributed by atoms with Crippen molar-refractivity contribution in [2.75, 3.05) is 17.3 Å². The molecule has 1 aliphatic rings. The highest BCUT2D eigenvalue weighted by molar-refractivity contribution is 8.23. The first-order chi connectivity index (χ1) is 14.7. The van der Waals surface area contributed by atoms with Gasteiger partial charge in [-0.15, -0.1) is 4.40 Å². The Labute approximate surface area is 180 Å². The highest BCUT2D eigenvalue weighted by Crippen LogP contribution is 2.56. The van der Waals surface area contributed by atoms with Crippen molar-refractivity contribution in [3.63, 3.8) is 0 Å². The number of benzene rings is 2. The molecule has 0 radical (unpaired) electrons. The number of amidine groups is 1. The molecular formula is C21H24N4O5S. The van der Waals surface area contributed by atoms with Gasteiger partial charge >= 0.3 is 0 Å². The maximum absolute atomic E-state index is 13.4. The molecule has 164 valence electrons. The number of para-hydroxylation sites is 1. The van der Waals surface area contributed by atoms with Gasteiger partial charge in [0.25, 0.3) is 5.56 Å². The first-order valence-corrected chi connectivity index (χ1v) is 11.3. The molecule has 31 heavy (non-hydrogen) atoms. The van der Waals surface area contributed by atoms with E-state index in [4.69, 9.17) is 0 Å². The fraction of sp³-hybridized carbons (Fsp3) is 0.238. The van der Waals surface area contributed by atoms with Crippen LogP contribution in [-0.2, 0) is 0 Å². The zero-order chi connectivity index (χ0) is 22.3. The average molecular weight is 445 g/mol. The molecule has 0 amide bonds. The summed E-state index contributed by atoms with van der Waals surface area (Å²) in [6, 6.07) is 10.9. The summed E-state index contributed by atoms with van der Waals surface area (Å²) in [5, 5.41) is 23.9. The van der Waals surface area contributed by atoms with Crippen molar-refractivity contribution in [2.45, 2.75) is 25.2 Å². The maximum Gasteiger partial charge on any atom is 0.284 e. The summed E-state index contributed by atoms with van der Waals surface area (Å²) >= 11 is 0. The van der Waals surface area contributed by atoms with Crippen LogP contribution in [0, 0.1) is 5.92 Å². The van der Waals surface area contributed by atoms with Crippen LogP contribution in [0.4, 0.5) is 5.69 Å². The number of nitrogens with one attached hydrogen (secondary N) is 2. The minimum Gasteiger partial charge on any atom is -0.508 e. The minimum absolute atomic E-state index is 0.00640. The van der Waals surface area contributed by atoms with Crippen LogP contribution >= 0.6 is 10.8 Å².